The zero-order chi connectivity index (χ0) is 13.8. The van der Waals surface area contributed by atoms with Gasteiger partial charge in [-0.05, 0) is 50.5 Å². The number of nitrogens with one attached hydrogen (secondary N) is 1. The summed E-state index contributed by atoms with van der Waals surface area (Å²) in [5, 5.41) is 3.29. The normalized spacial score (nSPS) is 16.3. The van der Waals surface area contributed by atoms with E-state index >= 15 is 0 Å². The summed E-state index contributed by atoms with van der Waals surface area (Å²) in [4.78, 5) is 14.2. The van der Waals surface area contributed by atoms with Crippen molar-refractivity contribution in [2.24, 2.45) is 0 Å². The second kappa shape index (κ2) is 5.95. The van der Waals surface area contributed by atoms with Crippen molar-refractivity contribution in [1.82, 2.24) is 4.90 Å². The van der Waals surface area contributed by atoms with Gasteiger partial charge in [0.25, 0.3) is 0 Å². The van der Waals surface area contributed by atoms with E-state index in [4.69, 9.17) is 4.74 Å². The van der Waals surface area contributed by atoms with Crippen LogP contribution in [0.2, 0.25) is 0 Å². The van der Waals surface area contributed by atoms with E-state index in [0.717, 1.165) is 42.9 Å². The Morgan fingerprint density at radius 3 is 2.63 bits per heavy atom. The maximum Gasteiger partial charge on any atom is 0.244 e. The van der Waals surface area contributed by atoms with Crippen LogP contribution in [0, 0.1) is 6.92 Å². The molecule has 1 fully saturated rings. The van der Waals surface area contributed by atoms with Gasteiger partial charge in [0.1, 0.15) is 11.8 Å². The van der Waals surface area contributed by atoms with E-state index < -0.39 is 0 Å². The summed E-state index contributed by atoms with van der Waals surface area (Å²) in [7, 11) is 1.65. The lowest BCUT2D eigenvalue weighted by Gasteiger charge is -2.22. The molecule has 1 N–H and O–H groups in total. The first-order valence-corrected chi connectivity index (χ1v) is 6.82. The molecule has 1 aromatic rings. The Morgan fingerprint density at radius 1 is 1.37 bits per heavy atom. The van der Waals surface area contributed by atoms with Gasteiger partial charge in [0, 0.05) is 18.8 Å². The Balaban J connectivity index is 2.01. The monoisotopic (exact) mass is 262 g/mol. The Morgan fingerprint density at radius 2 is 2.05 bits per heavy atom. The summed E-state index contributed by atoms with van der Waals surface area (Å²) in [5.41, 5.74) is 2.07. The number of carbonyl (C=O) groups excluding carboxylic acids is 1. The molecule has 0 bridgehead atoms. The lowest BCUT2D eigenvalue weighted by atomic mass is 10.1. The van der Waals surface area contributed by atoms with Crippen LogP contribution in [0.5, 0.6) is 5.75 Å². The first-order chi connectivity index (χ1) is 9.11. The first kappa shape index (κ1) is 13.7. The van der Waals surface area contributed by atoms with E-state index in [-0.39, 0.29) is 11.9 Å². The third kappa shape index (κ3) is 3.19. The molecular weight excluding hydrogens is 240 g/mol. The van der Waals surface area contributed by atoms with Crippen molar-refractivity contribution >= 4 is 11.6 Å². The minimum Gasteiger partial charge on any atom is -0.497 e. The summed E-state index contributed by atoms with van der Waals surface area (Å²) >= 11 is 0. The van der Waals surface area contributed by atoms with Crippen LogP contribution in [-0.4, -0.2) is 37.0 Å². The van der Waals surface area contributed by atoms with Gasteiger partial charge in [0.05, 0.1) is 7.11 Å². The molecule has 0 aromatic heterocycles. The Kier molecular flexibility index (Phi) is 4.30. The number of carbonyl (C=O) groups is 1. The Bertz CT molecular complexity index is 453. The van der Waals surface area contributed by atoms with Crippen LogP contribution in [0.15, 0.2) is 18.2 Å². The third-order valence-electron chi connectivity index (χ3n) is 3.59. The van der Waals surface area contributed by atoms with Gasteiger partial charge in [-0.15, -0.1) is 0 Å². The average Bonchev–Trinajstić information content (AvgIpc) is 2.94. The molecule has 1 aliphatic heterocycles. The highest BCUT2D eigenvalue weighted by atomic mass is 16.5. The quantitative estimate of drug-likeness (QED) is 0.906. The van der Waals surface area contributed by atoms with E-state index in [9.17, 15) is 4.79 Å². The van der Waals surface area contributed by atoms with Crippen LogP contribution in [0.1, 0.15) is 25.3 Å². The molecule has 2 rings (SSSR count). The summed E-state index contributed by atoms with van der Waals surface area (Å²) in [6.07, 6.45) is 2.25. The average molecular weight is 262 g/mol. The van der Waals surface area contributed by atoms with Crippen molar-refractivity contribution in [3.63, 3.8) is 0 Å². The SMILES string of the molecule is COc1ccc(NC(C)C(=O)N2CCCC2)c(C)c1. The van der Waals surface area contributed by atoms with Gasteiger partial charge in [0.2, 0.25) is 5.91 Å². The molecule has 1 saturated heterocycles. The lowest BCUT2D eigenvalue weighted by Crippen LogP contribution is -2.39. The lowest BCUT2D eigenvalue weighted by molar-refractivity contribution is -0.130. The number of benzene rings is 1. The predicted molar refractivity (Wildman–Crippen MR) is 76.6 cm³/mol. The highest BCUT2D eigenvalue weighted by molar-refractivity contribution is 5.84. The van der Waals surface area contributed by atoms with Gasteiger partial charge >= 0.3 is 0 Å². The van der Waals surface area contributed by atoms with E-state index in [1.165, 1.54) is 0 Å². The zero-order valence-corrected chi connectivity index (χ0v) is 11.9. The number of ether oxygens (including phenoxy) is 1. The largest absolute Gasteiger partial charge is 0.497 e. The molecule has 0 radical (unpaired) electrons. The van der Waals surface area contributed by atoms with Crippen LogP contribution < -0.4 is 10.1 Å². The Hall–Kier alpha value is -1.71. The second-order valence-corrected chi connectivity index (χ2v) is 5.08. The molecule has 1 unspecified atom stereocenters. The molecule has 1 atom stereocenters. The second-order valence-electron chi connectivity index (χ2n) is 5.08. The molecule has 1 amide bonds. The number of methoxy groups -OCH3 is 1. The van der Waals surface area contributed by atoms with Gasteiger partial charge < -0.3 is 15.0 Å². The predicted octanol–water partition coefficient (Wildman–Crippen LogP) is 2.43. The molecule has 104 valence electrons. The fraction of sp³-hybridized carbons (Fsp3) is 0.533. The van der Waals surface area contributed by atoms with E-state index in [0.29, 0.717) is 0 Å². The molecule has 0 spiro atoms. The van der Waals surface area contributed by atoms with Crippen LogP contribution >= 0.6 is 0 Å². The van der Waals surface area contributed by atoms with E-state index in [1.807, 2.05) is 36.9 Å². The zero-order valence-electron chi connectivity index (χ0n) is 11.9. The fourth-order valence-corrected chi connectivity index (χ4v) is 2.43. The molecule has 1 aromatic carbocycles. The van der Waals surface area contributed by atoms with Gasteiger partial charge in [-0.25, -0.2) is 0 Å². The maximum absolute atomic E-state index is 12.2. The van der Waals surface area contributed by atoms with Crippen molar-refractivity contribution in [3.8, 4) is 5.75 Å². The van der Waals surface area contributed by atoms with E-state index in [2.05, 4.69) is 5.32 Å². The van der Waals surface area contributed by atoms with Crippen LogP contribution in [0.4, 0.5) is 5.69 Å². The molecule has 1 heterocycles. The molecule has 0 saturated carbocycles. The van der Waals surface area contributed by atoms with Crippen molar-refractivity contribution in [1.29, 1.82) is 0 Å². The van der Waals surface area contributed by atoms with Gasteiger partial charge in [-0.1, -0.05) is 0 Å². The van der Waals surface area contributed by atoms with Crippen molar-refractivity contribution < 1.29 is 9.53 Å². The van der Waals surface area contributed by atoms with Gasteiger partial charge in [-0.3, -0.25) is 4.79 Å². The van der Waals surface area contributed by atoms with Crippen molar-refractivity contribution in [2.75, 3.05) is 25.5 Å². The number of amides is 1. The van der Waals surface area contributed by atoms with Gasteiger partial charge in [0.15, 0.2) is 0 Å². The van der Waals surface area contributed by atoms with Gasteiger partial charge in [-0.2, -0.15) is 0 Å². The first-order valence-electron chi connectivity index (χ1n) is 6.82. The Labute approximate surface area is 114 Å². The molecule has 4 nitrogen and oxygen atoms in total. The highest BCUT2D eigenvalue weighted by Gasteiger charge is 2.23. The number of hydrogen-bond acceptors (Lipinski definition) is 3. The molecule has 19 heavy (non-hydrogen) atoms. The number of aryl methyl sites for hydroxylation is 1. The summed E-state index contributed by atoms with van der Waals surface area (Å²) in [5.74, 6) is 1.02. The number of anilines is 1. The molecular formula is C15H22N2O2. The summed E-state index contributed by atoms with van der Waals surface area (Å²) in [6.45, 7) is 5.72. The highest BCUT2D eigenvalue weighted by Crippen LogP contribution is 2.22. The topological polar surface area (TPSA) is 41.6 Å². The summed E-state index contributed by atoms with van der Waals surface area (Å²) < 4.78 is 5.18. The smallest absolute Gasteiger partial charge is 0.244 e. The number of likely N-dealkylation sites (tertiary alicyclic amines) is 1. The van der Waals surface area contributed by atoms with Crippen LogP contribution in [0.3, 0.4) is 0 Å². The van der Waals surface area contributed by atoms with E-state index in [1.54, 1.807) is 7.11 Å². The summed E-state index contributed by atoms with van der Waals surface area (Å²) in [6, 6.07) is 5.64. The van der Waals surface area contributed by atoms with Crippen LogP contribution in [-0.2, 0) is 4.79 Å². The standard InChI is InChI=1S/C15H22N2O2/c1-11-10-13(19-3)6-7-14(11)16-12(2)15(18)17-8-4-5-9-17/h6-7,10,12,16H,4-5,8-9H2,1-3H3. The third-order valence-corrected chi connectivity index (χ3v) is 3.59. The molecule has 4 heteroatoms. The van der Waals surface area contributed by atoms with Crippen LogP contribution in [0.25, 0.3) is 0 Å². The maximum atomic E-state index is 12.2. The number of rotatable bonds is 4. The van der Waals surface area contributed by atoms with Crippen molar-refractivity contribution in [3.05, 3.63) is 23.8 Å². The molecule has 1 aliphatic rings. The van der Waals surface area contributed by atoms with Crippen molar-refractivity contribution in [2.45, 2.75) is 32.7 Å². The number of hydrogen-bond donors (Lipinski definition) is 1. The number of nitrogens with zero attached hydrogens (tertiary/aromatic N) is 1. The fourth-order valence-electron chi connectivity index (χ4n) is 2.43. The minimum atomic E-state index is -0.190. The molecule has 0 aliphatic carbocycles. The minimum absolute atomic E-state index is 0.188.